The molecule has 2 N–H and O–H groups in total. The van der Waals surface area contributed by atoms with Crippen LogP contribution in [0.1, 0.15) is 54.9 Å². The third-order valence-electron chi connectivity index (χ3n) is 4.90. The Labute approximate surface area is 160 Å². The molecule has 0 heterocycles. The molecule has 1 aliphatic carbocycles. The van der Waals surface area contributed by atoms with Gasteiger partial charge in [0.25, 0.3) is 11.8 Å². The summed E-state index contributed by atoms with van der Waals surface area (Å²) < 4.78 is 0. The van der Waals surface area contributed by atoms with Crippen LogP contribution in [-0.4, -0.2) is 17.9 Å². The molecule has 3 rings (SSSR count). The van der Waals surface area contributed by atoms with E-state index in [-0.39, 0.29) is 17.9 Å². The van der Waals surface area contributed by atoms with Crippen molar-refractivity contribution >= 4 is 23.6 Å². The molecule has 0 atom stereocenters. The second-order valence-electron chi connectivity index (χ2n) is 7.05. The zero-order chi connectivity index (χ0) is 19.1. The molecule has 140 valence electrons. The monoisotopic (exact) mass is 362 g/mol. The molecule has 1 saturated carbocycles. The normalized spacial score (nSPS) is 15.2. The maximum atomic E-state index is 12.7. The highest BCUT2D eigenvalue weighted by Gasteiger charge is 2.19. The van der Waals surface area contributed by atoms with Gasteiger partial charge in [-0.2, -0.15) is 0 Å². The lowest BCUT2D eigenvalue weighted by atomic mass is 9.95. The first kappa shape index (κ1) is 18.9. The van der Waals surface area contributed by atoms with Gasteiger partial charge in [0.2, 0.25) is 0 Å². The van der Waals surface area contributed by atoms with Crippen LogP contribution in [0.2, 0.25) is 0 Å². The Kier molecular flexibility index (Phi) is 6.42. The molecule has 0 bridgehead atoms. The second-order valence-corrected chi connectivity index (χ2v) is 7.05. The van der Waals surface area contributed by atoms with E-state index in [0.29, 0.717) is 16.8 Å². The van der Waals surface area contributed by atoms with Gasteiger partial charge >= 0.3 is 0 Å². The number of para-hydroxylation sites is 1. The largest absolute Gasteiger partial charge is 0.349 e. The molecule has 2 amide bonds. The Morgan fingerprint density at radius 1 is 0.926 bits per heavy atom. The Morgan fingerprint density at radius 2 is 1.59 bits per heavy atom. The number of hydrogen-bond acceptors (Lipinski definition) is 2. The van der Waals surface area contributed by atoms with E-state index in [1.807, 2.05) is 48.5 Å². The predicted octanol–water partition coefficient (Wildman–Crippen LogP) is 4.79. The number of amides is 2. The summed E-state index contributed by atoms with van der Waals surface area (Å²) in [5, 5.41) is 5.99. The van der Waals surface area contributed by atoms with Crippen LogP contribution in [0.4, 0.5) is 5.69 Å². The van der Waals surface area contributed by atoms with E-state index in [0.717, 1.165) is 31.2 Å². The van der Waals surface area contributed by atoms with Crippen molar-refractivity contribution in [2.45, 2.75) is 45.1 Å². The van der Waals surface area contributed by atoms with Gasteiger partial charge in [-0.1, -0.05) is 61.7 Å². The van der Waals surface area contributed by atoms with Crippen molar-refractivity contribution in [1.82, 2.24) is 5.32 Å². The molecule has 2 aromatic rings. The van der Waals surface area contributed by atoms with E-state index in [2.05, 4.69) is 10.6 Å². The molecule has 2 aromatic carbocycles. The Morgan fingerprint density at radius 3 is 2.33 bits per heavy atom. The standard InChI is InChI=1S/C23H26N2O2/c1-17(16-18-10-4-2-5-11-18)22(26)25-21-15-9-8-14-20(21)23(27)24-19-12-6-3-7-13-19/h2,4-5,8-11,14-16,19H,3,6-7,12-13H2,1H3,(H,24,27)(H,25,26)/b17-16+. The van der Waals surface area contributed by atoms with Crippen LogP contribution in [-0.2, 0) is 4.79 Å². The van der Waals surface area contributed by atoms with Gasteiger partial charge < -0.3 is 10.6 Å². The summed E-state index contributed by atoms with van der Waals surface area (Å²) in [6.45, 7) is 1.77. The maximum Gasteiger partial charge on any atom is 0.253 e. The quantitative estimate of drug-likeness (QED) is 0.751. The van der Waals surface area contributed by atoms with Gasteiger partial charge in [-0.15, -0.1) is 0 Å². The number of anilines is 1. The van der Waals surface area contributed by atoms with E-state index in [4.69, 9.17) is 0 Å². The fraction of sp³-hybridized carbons (Fsp3) is 0.304. The SMILES string of the molecule is C/C(=C\c1ccccc1)C(=O)Nc1ccccc1C(=O)NC1CCCCC1. The van der Waals surface area contributed by atoms with Crippen molar-refractivity contribution in [1.29, 1.82) is 0 Å². The molecule has 0 spiro atoms. The van der Waals surface area contributed by atoms with Crippen LogP contribution in [0.3, 0.4) is 0 Å². The van der Waals surface area contributed by atoms with Crippen LogP contribution in [0.5, 0.6) is 0 Å². The summed E-state index contributed by atoms with van der Waals surface area (Å²) >= 11 is 0. The average molecular weight is 362 g/mol. The van der Waals surface area contributed by atoms with Crippen molar-refractivity contribution in [2.75, 3.05) is 5.32 Å². The predicted molar refractivity (Wildman–Crippen MR) is 110 cm³/mol. The molecule has 1 fully saturated rings. The summed E-state index contributed by atoms with van der Waals surface area (Å²) in [5.74, 6) is -0.334. The third kappa shape index (κ3) is 5.30. The van der Waals surface area contributed by atoms with Crippen LogP contribution >= 0.6 is 0 Å². The fourth-order valence-electron chi connectivity index (χ4n) is 3.39. The first-order valence-corrected chi connectivity index (χ1v) is 9.58. The van der Waals surface area contributed by atoms with Crippen molar-refractivity contribution in [3.63, 3.8) is 0 Å². The second kappa shape index (κ2) is 9.17. The van der Waals surface area contributed by atoms with E-state index in [1.165, 1.54) is 6.42 Å². The van der Waals surface area contributed by atoms with Crippen LogP contribution in [0, 0.1) is 0 Å². The molecule has 0 aliphatic heterocycles. The van der Waals surface area contributed by atoms with Gasteiger partial charge in [-0.05, 0) is 43.5 Å². The summed E-state index contributed by atoms with van der Waals surface area (Å²) in [6, 6.07) is 17.1. The summed E-state index contributed by atoms with van der Waals surface area (Å²) in [6.07, 6.45) is 7.45. The first-order valence-electron chi connectivity index (χ1n) is 9.58. The van der Waals surface area contributed by atoms with E-state index >= 15 is 0 Å². The number of hydrogen-bond donors (Lipinski definition) is 2. The smallest absolute Gasteiger partial charge is 0.253 e. The molecular weight excluding hydrogens is 336 g/mol. The Balaban J connectivity index is 1.70. The van der Waals surface area contributed by atoms with Gasteiger partial charge in [-0.3, -0.25) is 9.59 Å². The molecule has 1 aliphatic rings. The first-order chi connectivity index (χ1) is 13.1. The van der Waals surface area contributed by atoms with Crippen LogP contribution in [0.15, 0.2) is 60.2 Å². The number of carbonyl (C=O) groups is 2. The minimum absolute atomic E-state index is 0.123. The molecular formula is C23H26N2O2. The van der Waals surface area contributed by atoms with E-state index < -0.39 is 0 Å². The fourth-order valence-corrected chi connectivity index (χ4v) is 3.39. The Hall–Kier alpha value is -2.88. The topological polar surface area (TPSA) is 58.2 Å². The lowest BCUT2D eigenvalue weighted by Gasteiger charge is -2.23. The van der Waals surface area contributed by atoms with Gasteiger partial charge in [0, 0.05) is 11.6 Å². The van der Waals surface area contributed by atoms with Gasteiger partial charge in [0.15, 0.2) is 0 Å². The summed E-state index contributed by atoms with van der Waals surface area (Å²) in [7, 11) is 0. The molecule has 4 heteroatoms. The van der Waals surface area contributed by atoms with Crippen molar-refractivity contribution < 1.29 is 9.59 Å². The maximum absolute atomic E-state index is 12.7. The van der Waals surface area contributed by atoms with Crippen molar-refractivity contribution in [3.05, 3.63) is 71.3 Å². The molecule has 0 saturated heterocycles. The number of nitrogens with one attached hydrogen (secondary N) is 2. The molecule has 0 radical (unpaired) electrons. The molecule has 27 heavy (non-hydrogen) atoms. The number of carbonyl (C=O) groups excluding carboxylic acids is 2. The zero-order valence-corrected chi connectivity index (χ0v) is 15.7. The third-order valence-corrected chi connectivity index (χ3v) is 4.90. The minimum atomic E-state index is -0.211. The zero-order valence-electron chi connectivity index (χ0n) is 15.7. The minimum Gasteiger partial charge on any atom is -0.349 e. The highest BCUT2D eigenvalue weighted by atomic mass is 16.2. The molecule has 0 unspecified atom stereocenters. The van der Waals surface area contributed by atoms with Crippen molar-refractivity contribution in [3.8, 4) is 0 Å². The van der Waals surface area contributed by atoms with E-state index in [1.54, 1.807) is 19.1 Å². The van der Waals surface area contributed by atoms with Gasteiger partial charge in [-0.25, -0.2) is 0 Å². The van der Waals surface area contributed by atoms with Crippen LogP contribution in [0.25, 0.3) is 6.08 Å². The number of rotatable bonds is 5. The lowest BCUT2D eigenvalue weighted by Crippen LogP contribution is -2.36. The van der Waals surface area contributed by atoms with Crippen molar-refractivity contribution in [2.24, 2.45) is 0 Å². The average Bonchev–Trinajstić information content (AvgIpc) is 2.70. The molecule has 4 nitrogen and oxygen atoms in total. The molecule has 0 aromatic heterocycles. The highest BCUT2D eigenvalue weighted by molar-refractivity contribution is 6.10. The highest BCUT2D eigenvalue weighted by Crippen LogP contribution is 2.20. The summed E-state index contributed by atoms with van der Waals surface area (Å²) in [5.41, 5.74) is 2.60. The number of benzene rings is 2. The van der Waals surface area contributed by atoms with Gasteiger partial charge in [0.05, 0.1) is 11.3 Å². The summed E-state index contributed by atoms with van der Waals surface area (Å²) in [4.78, 5) is 25.3. The van der Waals surface area contributed by atoms with Gasteiger partial charge in [0.1, 0.15) is 0 Å². The Bertz CT molecular complexity index is 821. The van der Waals surface area contributed by atoms with Crippen LogP contribution < -0.4 is 10.6 Å². The van der Waals surface area contributed by atoms with E-state index in [9.17, 15) is 9.59 Å². The lowest BCUT2D eigenvalue weighted by molar-refractivity contribution is -0.112.